The van der Waals surface area contributed by atoms with Gasteiger partial charge in [-0.15, -0.1) is 0 Å². The molecule has 96 valence electrons. The van der Waals surface area contributed by atoms with Crippen LogP contribution in [0.25, 0.3) is 0 Å². The van der Waals surface area contributed by atoms with Crippen molar-refractivity contribution in [2.24, 2.45) is 0 Å². The molecule has 0 saturated heterocycles. The van der Waals surface area contributed by atoms with E-state index in [0.29, 0.717) is 6.04 Å². The molecule has 0 spiro atoms. The third-order valence-electron chi connectivity index (χ3n) is 3.38. The van der Waals surface area contributed by atoms with Gasteiger partial charge >= 0.3 is 0 Å². The molecule has 2 aromatic rings. The van der Waals surface area contributed by atoms with Gasteiger partial charge in [0.05, 0.1) is 0 Å². The first-order valence-electron chi connectivity index (χ1n) is 6.06. The van der Waals surface area contributed by atoms with Crippen LogP contribution in [0.5, 0.6) is 0 Å². The van der Waals surface area contributed by atoms with E-state index in [-0.39, 0.29) is 0 Å². The van der Waals surface area contributed by atoms with Crippen LogP contribution in [0, 0.1) is 13.8 Å². The summed E-state index contributed by atoms with van der Waals surface area (Å²) in [6.45, 7) is 4.33. The highest BCUT2D eigenvalue weighted by molar-refractivity contribution is 9.10. The van der Waals surface area contributed by atoms with E-state index >= 15 is 0 Å². The van der Waals surface area contributed by atoms with Gasteiger partial charge in [-0.05, 0) is 70.9 Å². The van der Waals surface area contributed by atoms with Crippen LogP contribution in [0.15, 0.2) is 33.4 Å². The van der Waals surface area contributed by atoms with Crippen LogP contribution in [0.4, 0.5) is 0 Å². The van der Waals surface area contributed by atoms with Crippen molar-refractivity contribution in [2.75, 3.05) is 7.05 Å². The van der Waals surface area contributed by atoms with Crippen molar-refractivity contribution in [1.82, 2.24) is 5.32 Å². The molecule has 18 heavy (non-hydrogen) atoms. The van der Waals surface area contributed by atoms with E-state index < -0.39 is 0 Å². The van der Waals surface area contributed by atoms with Gasteiger partial charge in [-0.2, -0.15) is 11.3 Å². The fraction of sp³-hybridized carbons (Fsp3) is 0.333. The third-order valence-corrected chi connectivity index (χ3v) is 5.13. The highest BCUT2D eigenvalue weighted by atomic mass is 79.9. The molecule has 0 aliphatic carbocycles. The van der Waals surface area contributed by atoms with E-state index in [4.69, 9.17) is 0 Å². The summed E-state index contributed by atoms with van der Waals surface area (Å²) < 4.78 is 1.20. The Hall–Kier alpha value is -0.640. The van der Waals surface area contributed by atoms with Crippen molar-refractivity contribution in [1.29, 1.82) is 0 Å². The number of halogens is 1. The number of rotatable bonds is 4. The zero-order valence-electron chi connectivity index (χ0n) is 11.0. The average molecular weight is 324 g/mol. The molecule has 1 nitrogen and oxygen atoms in total. The van der Waals surface area contributed by atoms with Crippen LogP contribution < -0.4 is 5.32 Å². The van der Waals surface area contributed by atoms with E-state index in [2.05, 4.69) is 64.1 Å². The minimum atomic E-state index is 0.368. The van der Waals surface area contributed by atoms with E-state index in [0.717, 1.165) is 6.42 Å². The topological polar surface area (TPSA) is 12.0 Å². The van der Waals surface area contributed by atoms with E-state index in [1.807, 2.05) is 7.05 Å². The second kappa shape index (κ2) is 6.00. The fourth-order valence-corrected chi connectivity index (χ4v) is 3.70. The number of aryl methyl sites for hydroxylation is 2. The van der Waals surface area contributed by atoms with Crippen LogP contribution in [-0.2, 0) is 6.42 Å². The molecule has 1 aromatic heterocycles. The second-order valence-corrected chi connectivity index (χ2v) is 6.24. The summed E-state index contributed by atoms with van der Waals surface area (Å²) in [4.78, 5) is 0. The lowest BCUT2D eigenvalue weighted by molar-refractivity contribution is 0.591. The summed E-state index contributed by atoms with van der Waals surface area (Å²) in [5.74, 6) is 0. The van der Waals surface area contributed by atoms with Crippen LogP contribution >= 0.6 is 27.3 Å². The van der Waals surface area contributed by atoms with Gasteiger partial charge in [0.1, 0.15) is 0 Å². The molecule has 0 radical (unpaired) electrons. The lowest BCUT2D eigenvalue weighted by Gasteiger charge is -2.16. The molecule has 1 heterocycles. The lowest BCUT2D eigenvalue weighted by Crippen LogP contribution is -2.18. The number of thiophene rings is 1. The molecule has 0 bridgehead atoms. The maximum atomic E-state index is 3.62. The molecule has 1 atom stereocenters. The molecule has 1 N–H and O–H groups in total. The van der Waals surface area contributed by atoms with Crippen molar-refractivity contribution in [2.45, 2.75) is 26.3 Å². The zero-order valence-corrected chi connectivity index (χ0v) is 13.4. The predicted molar refractivity (Wildman–Crippen MR) is 83.4 cm³/mol. The Morgan fingerprint density at radius 3 is 2.56 bits per heavy atom. The van der Waals surface area contributed by atoms with Crippen LogP contribution in [0.1, 0.15) is 28.3 Å². The summed E-state index contributed by atoms with van der Waals surface area (Å²) in [7, 11) is 2.02. The number of likely N-dealkylation sites (N-methyl/N-ethyl adjacent to an activating group) is 1. The van der Waals surface area contributed by atoms with Gasteiger partial charge in [0, 0.05) is 15.9 Å². The lowest BCUT2D eigenvalue weighted by atomic mass is 9.98. The third kappa shape index (κ3) is 3.02. The van der Waals surface area contributed by atoms with Crippen molar-refractivity contribution >= 4 is 27.3 Å². The standard InChI is InChI=1S/C15H18BrNS/c1-10-4-5-12(6-11(10)2)7-15(17-3)13-8-18-9-14(13)16/h4-6,8-9,15,17H,7H2,1-3H3. The van der Waals surface area contributed by atoms with Crippen molar-refractivity contribution < 1.29 is 0 Å². The fourth-order valence-electron chi connectivity index (χ4n) is 2.07. The Labute approximate surface area is 121 Å². The minimum absolute atomic E-state index is 0.368. The average Bonchev–Trinajstić information content (AvgIpc) is 2.77. The SMILES string of the molecule is CNC(Cc1ccc(C)c(C)c1)c1cscc1Br. The van der Waals surface area contributed by atoms with Crippen LogP contribution in [0.2, 0.25) is 0 Å². The summed E-state index contributed by atoms with van der Waals surface area (Å²) >= 11 is 5.36. The Balaban J connectivity index is 2.20. The predicted octanol–water partition coefficient (Wildman–Crippen LogP) is 4.63. The molecule has 0 saturated carbocycles. The maximum Gasteiger partial charge on any atom is 0.0377 e. The molecule has 1 aromatic carbocycles. The van der Waals surface area contributed by atoms with Crippen molar-refractivity contribution in [3.05, 3.63) is 55.7 Å². The molecule has 0 aliphatic rings. The summed E-state index contributed by atoms with van der Waals surface area (Å²) in [5.41, 5.74) is 5.46. The Morgan fingerprint density at radius 2 is 2.00 bits per heavy atom. The van der Waals surface area contributed by atoms with Gasteiger partial charge in [-0.3, -0.25) is 0 Å². The Bertz CT molecular complexity index is 533. The molecular formula is C15H18BrNS. The van der Waals surface area contributed by atoms with Gasteiger partial charge in [0.2, 0.25) is 0 Å². The molecule has 1 unspecified atom stereocenters. The van der Waals surface area contributed by atoms with Crippen molar-refractivity contribution in [3.8, 4) is 0 Å². The van der Waals surface area contributed by atoms with Crippen molar-refractivity contribution in [3.63, 3.8) is 0 Å². The molecule has 0 aliphatic heterocycles. The Morgan fingerprint density at radius 1 is 1.22 bits per heavy atom. The monoisotopic (exact) mass is 323 g/mol. The smallest absolute Gasteiger partial charge is 0.0377 e. The number of hydrogen-bond donors (Lipinski definition) is 1. The molecule has 3 heteroatoms. The summed E-state index contributed by atoms with van der Waals surface area (Å²) in [5, 5.41) is 7.76. The van der Waals surface area contributed by atoms with Gasteiger partial charge in [0.15, 0.2) is 0 Å². The molecular weight excluding hydrogens is 306 g/mol. The van der Waals surface area contributed by atoms with E-state index in [9.17, 15) is 0 Å². The highest BCUT2D eigenvalue weighted by Gasteiger charge is 2.14. The normalized spacial score (nSPS) is 12.7. The molecule has 0 fully saturated rings. The second-order valence-electron chi connectivity index (χ2n) is 4.64. The van der Waals surface area contributed by atoms with Gasteiger partial charge in [0.25, 0.3) is 0 Å². The molecule has 2 rings (SSSR count). The first-order valence-corrected chi connectivity index (χ1v) is 7.80. The van der Waals surface area contributed by atoms with Crippen LogP contribution in [0.3, 0.4) is 0 Å². The summed E-state index contributed by atoms with van der Waals surface area (Å²) in [6, 6.07) is 7.10. The van der Waals surface area contributed by atoms with E-state index in [1.165, 1.54) is 26.7 Å². The van der Waals surface area contributed by atoms with Gasteiger partial charge < -0.3 is 5.32 Å². The summed E-state index contributed by atoms with van der Waals surface area (Å²) in [6.07, 6.45) is 1.02. The Kier molecular flexibility index (Phi) is 4.60. The first kappa shape index (κ1) is 13.8. The largest absolute Gasteiger partial charge is 0.313 e. The highest BCUT2D eigenvalue weighted by Crippen LogP contribution is 2.29. The maximum absolute atomic E-state index is 3.62. The minimum Gasteiger partial charge on any atom is -0.313 e. The zero-order chi connectivity index (χ0) is 13.1. The molecule has 0 amide bonds. The quantitative estimate of drug-likeness (QED) is 0.864. The van der Waals surface area contributed by atoms with Gasteiger partial charge in [-0.1, -0.05) is 18.2 Å². The number of benzene rings is 1. The van der Waals surface area contributed by atoms with Crippen LogP contribution in [-0.4, -0.2) is 7.05 Å². The first-order chi connectivity index (χ1) is 8.61. The number of nitrogens with one attached hydrogen (secondary N) is 1. The van der Waals surface area contributed by atoms with Gasteiger partial charge in [-0.25, -0.2) is 0 Å². The van der Waals surface area contributed by atoms with E-state index in [1.54, 1.807) is 11.3 Å². The number of hydrogen-bond acceptors (Lipinski definition) is 2.